The quantitative estimate of drug-likeness (QED) is 0.746. The molecule has 1 N–H and O–H groups in total. The number of benzene rings is 1. The summed E-state index contributed by atoms with van der Waals surface area (Å²) in [4.78, 5) is 4.51. The van der Waals surface area contributed by atoms with Crippen LogP contribution in [0.25, 0.3) is 22.8 Å². The van der Waals surface area contributed by atoms with Gasteiger partial charge in [-0.25, -0.2) is 0 Å². The number of rotatable bonds is 5. The van der Waals surface area contributed by atoms with Crippen molar-refractivity contribution in [3.8, 4) is 28.6 Å². The molecule has 0 bridgehead atoms. The van der Waals surface area contributed by atoms with Gasteiger partial charge in [0.25, 0.3) is 5.89 Å². The number of aromatic hydroxyl groups is 1. The van der Waals surface area contributed by atoms with Gasteiger partial charge in [-0.2, -0.15) is 10.1 Å². The second-order valence-electron chi connectivity index (χ2n) is 6.64. The Hall–Kier alpha value is -2.67. The minimum atomic E-state index is 0.202. The van der Waals surface area contributed by atoms with Crippen LogP contribution in [0, 0.1) is 0 Å². The summed E-state index contributed by atoms with van der Waals surface area (Å²) in [6.45, 7) is 0.447. The van der Waals surface area contributed by atoms with Crippen molar-refractivity contribution in [2.75, 3.05) is 7.11 Å². The molecule has 7 heteroatoms. The first-order valence-corrected chi connectivity index (χ1v) is 8.95. The van der Waals surface area contributed by atoms with Crippen LogP contribution in [0.3, 0.4) is 0 Å². The van der Waals surface area contributed by atoms with E-state index >= 15 is 0 Å². The Morgan fingerprint density at radius 2 is 1.96 bits per heavy atom. The van der Waals surface area contributed by atoms with Crippen molar-refractivity contribution < 1.29 is 14.4 Å². The van der Waals surface area contributed by atoms with Crippen molar-refractivity contribution >= 4 is 0 Å². The maximum absolute atomic E-state index is 9.42. The van der Waals surface area contributed by atoms with Crippen molar-refractivity contribution in [2.24, 2.45) is 0 Å². The molecule has 1 aliphatic carbocycles. The van der Waals surface area contributed by atoms with E-state index in [1.165, 1.54) is 19.3 Å². The Morgan fingerprint density at radius 1 is 1.19 bits per heavy atom. The lowest BCUT2D eigenvalue weighted by molar-refractivity contribution is 0.171. The highest BCUT2D eigenvalue weighted by atomic mass is 16.5. The molecule has 0 atom stereocenters. The van der Waals surface area contributed by atoms with Crippen LogP contribution in [-0.4, -0.2) is 32.1 Å². The first kappa shape index (κ1) is 16.8. The van der Waals surface area contributed by atoms with Gasteiger partial charge in [0.15, 0.2) is 0 Å². The van der Waals surface area contributed by atoms with Crippen molar-refractivity contribution in [1.82, 2.24) is 19.9 Å². The molecule has 3 aromatic rings. The standard InChI is InChI=1S/C19H22N4O3/c1-25-12-17-16(11-20-23(17)14-5-3-2-4-6-14)19-21-18(22-26-19)13-7-9-15(24)10-8-13/h7-11,14,24H,2-6,12H2,1H3. The van der Waals surface area contributed by atoms with Gasteiger partial charge in [-0.3, -0.25) is 4.68 Å². The van der Waals surface area contributed by atoms with E-state index in [-0.39, 0.29) is 5.75 Å². The predicted octanol–water partition coefficient (Wildman–Crippen LogP) is 3.96. The summed E-state index contributed by atoms with van der Waals surface area (Å²) >= 11 is 0. The van der Waals surface area contributed by atoms with Crippen molar-refractivity contribution in [2.45, 2.75) is 44.8 Å². The van der Waals surface area contributed by atoms with Crippen LogP contribution >= 0.6 is 0 Å². The van der Waals surface area contributed by atoms with Gasteiger partial charge in [-0.1, -0.05) is 24.4 Å². The van der Waals surface area contributed by atoms with E-state index < -0.39 is 0 Å². The van der Waals surface area contributed by atoms with Crippen LogP contribution in [0.2, 0.25) is 0 Å². The SMILES string of the molecule is COCc1c(-c2nc(-c3ccc(O)cc3)no2)cnn1C1CCCCC1. The number of nitrogens with zero attached hydrogens (tertiary/aromatic N) is 4. The monoisotopic (exact) mass is 354 g/mol. The molecule has 0 amide bonds. The van der Waals surface area contributed by atoms with E-state index in [1.807, 2.05) is 0 Å². The van der Waals surface area contributed by atoms with E-state index in [9.17, 15) is 5.11 Å². The molecule has 4 rings (SSSR count). The van der Waals surface area contributed by atoms with Gasteiger partial charge in [0.2, 0.25) is 5.82 Å². The van der Waals surface area contributed by atoms with Crippen LogP contribution in [0.15, 0.2) is 35.0 Å². The van der Waals surface area contributed by atoms with Crippen molar-refractivity contribution in [3.63, 3.8) is 0 Å². The van der Waals surface area contributed by atoms with Crippen LogP contribution in [0.5, 0.6) is 5.75 Å². The summed E-state index contributed by atoms with van der Waals surface area (Å²) < 4.78 is 13.0. The van der Waals surface area contributed by atoms with E-state index in [0.29, 0.717) is 24.4 Å². The van der Waals surface area contributed by atoms with Gasteiger partial charge in [-0.05, 0) is 37.1 Å². The second kappa shape index (κ2) is 7.29. The fourth-order valence-corrected chi connectivity index (χ4v) is 3.55. The minimum absolute atomic E-state index is 0.202. The van der Waals surface area contributed by atoms with E-state index in [2.05, 4.69) is 19.9 Å². The Balaban J connectivity index is 1.67. The number of hydrogen-bond acceptors (Lipinski definition) is 6. The lowest BCUT2D eigenvalue weighted by Crippen LogP contribution is -2.17. The zero-order valence-corrected chi connectivity index (χ0v) is 14.8. The Labute approximate surface area is 151 Å². The molecule has 2 heterocycles. The third kappa shape index (κ3) is 3.22. The third-order valence-corrected chi connectivity index (χ3v) is 4.88. The molecule has 0 unspecified atom stereocenters. The summed E-state index contributed by atoms with van der Waals surface area (Å²) in [5.74, 6) is 1.12. The molecule has 7 nitrogen and oxygen atoms in total. The van der Waals surface area contributed by atoms with Gasteiger partial charge in [-0.15, -0.1) is 0 Å². The molecular formula is C19H22N4O3. The lowest BCUT2D eigenvalue weighted by atomic mass is 9.95. The van der Waals surface area contributed by atoms with Gasteiger partial charge in [0, 0.05) is 12.7 Å². The number of phenols is 1. The molecular weight excluding hydrogens is 332 g/mol. The van der Waals surface area contributed by atoms with Gasteiger partial charge < -0.3 is 14.4 Å². The molecule has 0 aliphatic heterocycles. The zero-order chi connectivity index (χ0) is 17.9. The molecule has 0 saturated heterocycles. The lowest BCUT2D eigenvalue weighted by Gasteiger charge is -2.24. The highest BCUT2D eigenvalue weighted by Gasteiger charge is 2.24. The number of aromatic nitrogens is 4. The van der Waals surface area contributed by atoms with Crippen LogP contribution < -0.4 is 0 Å². The Morgan fingerprint density at radius 3 is 2.69 bits per heavy atom. The van der Waals surface area contributed by atoms with Crippen molar-refractivity contribution in [1.29, 1.82) is 0 Å². The minimum Gasteiger partial charge on any atom is -0.508 e. The van der Waals surface area contributed by atoms with Crippen LogP contribution in [0.1, 0.15) is 43.8 Å². The normalized spacial score (nSPS) is 15.4. The number of methoxy groups -OCH3 is 1. The fourth-order valence-electron chi connectivity index (χ4n) is 3.55. The smallest absolute Gasteiger partial charge is 0.261 e. The fraction of sp³-hybridized carbons (Fsp3) is 0.421. The molecule has 136 valence electrons. The topological polar surface area (TPSA) is 86.2 Å². The van der Waals surface area contributed by atoms with Gasteiger partial charge in [0.1, 0.15) is 5.75 Å². The Bertz CT molecular complexity index is 863. The molecule has 1 saturated carbocycles. The number of phenolic OH excluding ortho intramolecular Hbond substituents is 1. The molecule has 1 fully saturated rings. The molecule has 0 spiro atoms. The molecule has 1 aliphatic rings. The number of ether oxygens (including phenoxy) is 1. The average molecular weight is 354 g/mol. The summed E-state index contributed by atoms with van der Waals surface area (Å²) in [6.07, 6.45) is 7.83. The van der Waals surface area contributed by atoms with E-state index in [1.54, 1.807) is 37.6 Å². The first-order chi connectivity index (χ1) is 12.8. The first-order valence-electron chi connectivity index (χ1n) is 8.95. The van der Waals surface area contributed by atoms with Crippen molar-refractivity contribution in [3.05, 3.63) is 36.2 Å². The summed E-state index contributed by atoms with van der Waals surface area (Å²) in [5.41, 5.74) is 2.57. The van der Waals surface area contributed by atoms with E-state index in [0.717, 1.165) is 29.7 Å². The molecule has 2 aromatic heterocycles. The predicted molar refractivity (Wildman–Crippen MR) is 95.5 cm³/mol. The largest absolute Gasteiger partial charge is 0.508 e. The summed E-state index contributed by atoms with van der Waals surface area (Å²) in [5, 5.41) is 18.1. The van der Waals surface area contributed by atoms with Crippen LogP contribution in [-0.2, 0) is 11.3 Å². The molecule has 26 heavy (non-hydrogen) atoms. The van der Waals surface area contributed by atoms with E-state index in [4.69, 9.17) is 9.26 Å². The highest BCUT2D eigenvalue weighted by molar-refractivity contribution is 5.61. The molecule has 0 radical (unpaired) electrons. The highest BCUT2D eigenvalue weighted by Crippen LogP contribution is 2.33. The number of hydrogen-bond donors (Lipinski definition) is 1. The Kier molecular flexibility index (Phi) is 4.71. The third-order valence-electron chi connectivity index (χ3n) is 4.88. The van der Waals surface area contributed by atoms with Crippen LogP contribution in [0.4, 0.5) is 0 Å². The maximum atomic E-state index is 9.42. The average Bonchev–Trinajstić information content (AvgIpc) is 3.31. The maximum Gasteiger partial charge on any atom is 0.261 e. The summed E-state index contributed by atoms with van der Waals surface area (Å²) in [7, 11) is 1.68. The van der Waals surface area contributed by atoms with Gasteiger partial charge >= 0.3 is 0 Å². The zero-order valence-electron chi connectivity index (χ0n) is 14.8. The van der Waals surface area contributed by atoms with Gasteiger partial charge in [0.05, 0.1) is 30.1 Å². The molecule has 1 aromatic carbocycles. The summed E-state index contributed by atoms with van der Waals surface area (Å²) in [6, 6.07) is 7.12. The second-order valence-corrected chi connectivity index (χ2v) is 6.64.